The van der Waals surface area contributed by atoms with Gasteiger partial charge in [-0.25, -0.2) is 4.98 Å². The third-order valence-corrected chi connectivity index (χ3v) is 3.44. The molecular formula is C10H10BrIN2. The van der Waals surface area contributed by atoms with E-state index in [1.165, 1.54) is 14.5 Å². The van der Waals surface area contributed by atoms with Gasteiger partial charge in [0, 0.05) is 21.7 Å². The lowest BCUT2D eigenvalue weighted by molar-refractivity contribution is 0.702. The van der Waals surface area contributed by atoms with Crippen LogP contribution in [0.25, 0.3) is 10.9 Å². The van der Waals surface area contributed by atoms with E-state index in [4.69, 9.17) is 0 Å². The molecule has 0 N–H and O–H groups in total. The van der Waals surface area contributed by atoms with E-state index in [2.05, 4.69) is 67.3 Å². The third kappa shape index (κ3) is 1.82. The summed E-state index contributed by atoms with van der Waals surface area (Å²) in [4.78, 5) is 4.26. The maximum absolute atomic E-state index is 4.26. The Labute approximate surface area is 105 Å². The van der Waals surface area contributed by atoms with Crippen LogP contribution in [0.4, 0.5) is 0 Å². The minimum Gasteiger partial charge on any atom is -0.345 e. The lowest BCUT2D eigenvalue weighted by atomic mass is 10.3. The first-order valence-electron chi connectivity index (χ1n) is 4.52. The van der Waals surface area contributed by atoms with Crippen molar-refractivity contribution in [1.29, 1.82) is 0 Å². The van der Waals surface area contributed by atoms with Gasteiger partial charge in [-0.15, -0.1) is 0 Å². The van der Waals surface area contributed by atoms with E-state index in [1.54, 1.807) is 0 Å². The van der Waals surface area contributed by atoms with Crippen molar-refractivity contribution in [1.82, 2.24) is 9.55 Å². The Morgan fingerprint density at radius 3 is 3.07 bits per heavy atom. The zero-order valence-corrected chi connectivity index (χ0v) is 11.5. The summed E-state index contributed by atoms with van der Waals surface area (Å²) in [5.74, 6) is 0. The Morgan fingerprint density at radius 2 is 2.36 bits per heavy atom. The van der Waals surface area contributed by atoms with Crippen molar-refractivity contribution in [3.8, 4) is 0 Å². The van der Waals surface area contributed by atoms with Crippen LogP contribution in [0.3, 0.4) is 0 Å². The number of nitrogens with zero attached hydrogens (tertiary/aromatic N) is 2. The van der Waals surface area contributed by atoms with Crippen LogP contribution >= 0.6 is 38.5 Å². The lowest BCUT2D eigenvalue weighted by Gasteiger charge is -2.01. The Hall–Kier alpha value is -0.100. The van der Waals surface area contributed by atoms with Crippen molar-refractivity contribution in [2.75, 3.05) is 0 Å². The molecule has 2 aromatic rings. The van der Waals surface area contributed by atoms with Crippen LogP contribution in [0.2, 0.25) is 0 Å². The largest absolute Gasteiger partial charge is 0.345 e. The number of fused-ring (bicyclic) bond motifs is 1. The number of halogens is 2. The molecule has 0 bridgehead atoms. The molecule has 0 saturated carbocycles. The van der Waals surface area contributed by atoms with Crippen molar-refractivity contribution >= 4 is 49.4 Å². The molecule has 0 saturated heterocycles. The summed E-state index contributed by atoms with van der Waals surface area (Å²) in [7, 11) is 0. The molecule has 2 nitrogen and oxygen atoms in total. The summed E-state index contributed by atoms with van der Waals surface area (Å²) >= 11 is 5.76. The van der Waals surface area contributed by atoms with Crippen LogP contribution in [0.1, 0.15) is 13.3 Å². The first-order chi connectivity index (χ1) is 6.72. The van der Waals surface area contributed by atoms with Gasteiger partial charge in [0.1, 0.15) is 4.60 Å². The van der Waals surface area contributed by atoms with Crippen LogP contribution in [0.5, 0.6) is 0 Å². The summed E-state index contributed by atoms with van der Waals surface area (Å²) < 4.78 is 4.45. The van der Waals surface area contributed by atoms with Crippen LogP contribution in [-0.2, 0) is 6.54 Å². The second-order valence-corrected chi connectivity index (χ2v) is 5.17. The van der Waals surface area contributed by atoms with Crippen LogP contribution < -0.4 is 0 Å². The monoisotopic (exact) mass is 364 g/mol. The molecule has 0 aromatic carbocycles. The molecule has 2 rings (SSSR count). The topological polar surface area (TPSA) is 17.8 Å². The van der Waals surface area contributed by atoms with Crippen LogP contribution in [0, 0.1) is 3.57 Å². The van der Waals surface area contributed by atoms with E-state index >= 15 is 0 Å². The molecule has 0 aliphatic rings. The molecular weight excluding hydrogens is 355 g/mol. The van der Waals surface area contributed by atoms with Gasteiger partial charge < -0.3 is 4.57 Å². The van der Waals surface area contributed by atoms with Gasteiger partial charge >= 0.3 is 0 Å². The van der Waals surface area contributed by atoms with Gasteiger partial charge in [0.15, 0.2) is 0 Å². The minimum absolute atomic E-state index is 0.900. The highest BCUT2D eigenvalue weighted by atomic mass is 127. The van der Waals surface area contributed by atoms with Gasteiger partial charge in [-0.2, -0.15) is 0 Å². The number of hydrogen-bond donors (Lipinski definition) is 0. The fraction of sp³-hybridized carbons (Fsp3) is 0.300. The number of aryl methyl sites for hydroxylation is 1. The molecule has 0 radical (unpaired) electrons. The normalized spacial score (nSPS) is 11.1. The first-order valence-corrected chi connectivity index (χ1v) is 6.39. The van der Waals surface area contributed by atoms with Crippen LogP contribution in [0.15, 0.2) is 23.1 Å². The molecule has 74 valence electrons. The predicted molar refractivity (Wildman–Crippen MR) is 70.4 cm³/mol. The zero-order chi connectivity index (χ0) is 10.1. The average Bonchev–Trinajstić information content (AvgIpc) is 2.44. The predicted octanol–water partition coefficient (Wildman–Crippen LogP) is 3.81. The Morgan fingerprint density at radius 1 is 1.57 bits per heavy atom. The summed E-state index contributed by atoms with van der Waals surface area (Å²) in [5.41, 5.74) is 1.22. The number of rotatable bonds is 2. The summed E-state index contributed by atoms with van der Waals surface area (Å²) in [5, 5.41) is 1.28. The van der Waals surface area contributed by atoms with Gasteiger partial charge in [0.25, 0.3) is 0 Å². The highest BCUT2D eigenvalue weighted by Crippen LogP contribution is 2.24. The second kappa shape index (κ2) is 4.18. The van der Waals surface area contributed by atoms with Gasteiger partial charge in [-0.05, 0) is 51.0 Å². The summed E-state index contributed by atoms with van der Waals surface area (Å²) in [6.45, 7) is 3.24. The van der Waals surface area contributed by atoms with Gasteiger partial charge in [-0.1, -0.05) is 6.92 Å². The SMILES string of the molecule is CCCn1cc(I)c2cc(Br)ncc21. The third-order valence-electron chi connectivity index (χ3n) is 2.15. The van der Waals surface area contributed by atoms with Gasteiger partial charge in [-0.3, -0.25) is 0 Å². The molecule has 0 fully saturated rings. The Kier molecular flexibility index (Phi) is 3.11. The molecule has 0 amide bonds. The van der Waals surface area contributed by atoms with Crippen molar-refractivity contribution < 1.29 is 0 Å². The average molecular weight is 365 g/mol. The molecule has 2 aromatic heterocycles. The van der Waals surface area contributed by atoms with Crippen molar-refractivity contribution in [3.63, 3.8) is 0 Å². The first kappa shape index (κ1) is 10.4. The standard InChI is InChI=1S/C10H10BrIN2/c1-2-3-14-6-8(12)7-4-10(11)13-5-9(7)14/h4-6H,2-3H2,1H3. The van der Waals surface area contributed by atoms with E-state index in [-0.39, 0.29) is 0 Å². The van der Waals surface area contributed by atoms with E-state index < -0.39 is 0 Å². The van der Waals surface area contributed by atoms with Gasteiger partial charge in [0.2, 0.25) is 0 Å². The fourth-order valence-corrected chi connectivity index (χ4v) is 2.64. The van der Waals surface area contributed by atoms with Crippen molar-refractivity contribution in [2.24, 2.45) is 0 Å². The lowest BCUT2D eigenvalue weighted by Crippen LogP contribution is -1.93. The number of aromatic nitrogens is 2. The smallest absolute Gasteiger partial charge is 0.106 e. The Balaban J connectivity index is 2.65. The fourth-order valence-electron chi connectivity index (χ4n) is 1.54. The van der Waals surface area contributed by atoms with Crippen molar-refractivity contribution in [2.45, 2.75) is 19.9 Å². The van der Waals surface area contributed by atoms with Gasteiger partial charge in [0.05, 0.1) is 11.7 Å². The molecule has 0 aliphatic heterocycles. The zero-order valence-electron chi connectivity index (χ0n) is 7.80. The quantitative estimate of drug-likeness (QED) is 0.585. The molecule has 2 heterocycles. The molecule has 0 atom stereocenters. The van der Waals surface area contributed by atoms with E-state index in [9.17, 15) is 0 Å². The number of hydrogen-bond acceptors (Lipinski definition) is 1. The number of pyridine rings is 1. The summed E-state index contributed by atoms with van der Waals surface area (Å²) in [6.07, 6.45) is 5.26. The highest BCUT2D eigenvalue weighted by molar-refractivity contribution is 14.1. The van der Waals surface area contributed by atoms with E-state index in [1.807, 2.05) is 6.20 Å². The molecule has 0 spiro atoms. The van der Waals surface area contributed by atoms with Crippen LogP contribution in [-0.4, -0.2) is 9.55 Å². The molecule has 14 heavy (non-hydrogen) atoms. The van der Waals surface area contributed by atoms with Crippen molar-refractivity contribution in [3.05, 3.63) is 26.6 Å². The maximum Gasteiger partial charge on any atom is 0.106 e. The summed E-state index contributed by atoms with van der Waals surface area (Å²) in [6, 6.07) is 2.07. The maximum atomic E-state index is 4.26. The second-order valence-electron chi connectivity index (χ2n) is 3.19. The van der Waals surface area contributed by atoms with E-state index in [0.29, 0.717) is 0 Å². The Bertz CT molecular complexity index is 464. The van der Waals surface area contributed by atoms with E-state index in [0.717, 1.165) is 17.6 Å². The highest BCUT2D eigenvalue weighted by Gasteiger charge is 2.06. The minimum atomic E-state index is 0.900. The molecule has 0 aliphatic carbocycles. The molecule has 4 heteroatoms. The molecule has 0 unspecified atom stereocenters.